The predicted octanol–water partition coefficient (Wildman–Crippen LogP) is 2.29. The molecule has 2 aliphatic rings. The van der Waals surface area contributed by atoms with Crippen LogP contribution in [0.25, 0.3) is 0 Å². The predicted molar refractivity (Wildman–Crippen MR) is 78.5 cm³/mol. The van der Waals surface area contributed by atoms with Crippen molar-refractivity contribution in [3.63, 3.8) is 0 Å². The largest absolute Gasteiger partial charge is 0.384 e. The van der Waals surface area contributed by atoms with Crippen molar-refractivity contribution in [3.05, 3.63) is 29.8 Å². The van der Waals surface area contributed by atoms with Crippen LogP contribution in [0.5, 0.6) is 0 Å². The first-order chi connectivity index (χ1) is 9.33. The second-order valence-corrected chi connectivity index (χ2v) is 5.89. The maximum absolute atomic E-state index is 5.60. The summed E-state index contributed by atoms with van der Waals surface area (Å²) in [6.45, 7) is 6.41. The highest BCUT2D eigenvalue weighted by Crippen LogP contribution is 2.24. The monoisotopic (exact) mass is 260 g/mol. The first kappa shape index (κ1) is 12.9. The Kier molecular flexibility index (Phi) is 4.04. The molecular formula is C16H24N2O. The van der Waals surface area contributed by atoms with Crippen molar-refractivity contribution < 1.29 is 4.74 Å². The minimum Gasteiger partial charge on any atom is -0.384 e. The average Bonchev–Trinajstić information content (AvgIpc) is 2.84. The zero-order valence-electron chi connectivity index (χ0n) is 11.7. The number of anilines is 1. The van der Waals surface area contributed by atoms with E-state index < -0.39 is 0 Å². The molecule has 0 spiro atoms. The van der Waals surface area contributed by atoms with E-state index in [2.05, 4.69) is 41.8 Å². The molecule has 104 valence electrons. The molecule has 3 heteroatoms. The molecule has 0 amide bonds. The number of hydrogen-bond donors (Lipinski definition) is 2. The third-order valence-electron chi connectivity index (χ3n) is 4.48. The quantitative estimate of drug-likeness (QED) is 0.871. The molecule has 0 aromatic heterocycles. The molecule has 0 aliphatic carbocycles. The molecule has 0 radical (unpaired) electrons. The van der Waals surface area contributed by atoms with E-state index in [1.807, 2.05) is 0 Å². The van der Waals surface area contributed by atoms with Crippen LogP contribution in [-0.4, -0.2) is 32.3 Å². The third kappa shape index (κ3) is 3.10. The normalized spacial score (nSPS) is 29.8. The Morgan fingerprint density at radius 2 is 2.21 bits per heavy atom. The van der Waals surface area contributed by atoms with E-state index in [-0.39, 0.29) is 0 Å². The van der Waals surface area contributed by atoms with Crippen LogP contribution in [0.4, 0.5) is 5.69 Å². The van der Waals surface area contributed by atoms with Gasteiger partial charge >= 0.3 is 0 Å². The van der Waals surface area contributed by atoms with Crippen molar-refractivity contribution in [2.45, 2.75) is 25.9 Å². The van der Waals surface area contributed by atoms with Gasteiger partial charge in [-0.1, -0.05) is 18.2 Å². The molecule has 2 aliphatic heterocycles. The Hall–Kier alpha value is -1.06. The SMILES string of the molecule is CC1OCCC1CNCC1CNc2ccccc2C1. The summed E-state index contributed by atoms with van der Waals surface area (Å²) in [5, 5.41) is 7.17. The van der Waals surface area contributed by atoms with E-state index in [1.165, 1.54) is 24.1 Å². The molecule has 1 aromatic rings. The van der Waals surface area contributed by atoms with Crippen molar-refractivity contribution in [1.29, 1.82) is 0 Å². The van der Waals surface area contributed by atoms with E-state index in [4.69, 9.17) is 4.74 Å². The maximum atomic E-state index is 5.60. The molecule has 0 saturated carbocycles. The summed E-state index contributed by atoms with van der Waals surface area (Å²) in [5.74, 6) is 1.40. The average molecular weight is 260 g/mol. The first-order valence-electron chi connectivity index (χ1n) is 7.47. The van der Waals surface area contributed by atoms with Gasteiger partial charge in [0.2, 0.25) is 0 Å². The molecule has 1 aromatic carbocycles. The van der Waals surface area contributed by atoms with Gasteiger partial charge in [-0.2, -0.15) is 0 Å². The van der Waals surface area contributed by atoms with Crippen molar-refractivity contribution >= 4 is 5.69 Å². The molecule has 3 atom stereocenters. The van der Waals surface area contributed by atoms with Gasteiger partial charge in [0.1, 0.15) is 0 Å². The van der Waals surface area contributed by atoms with E-state index in [9.17, 15) is 0 Å². The molecule has 2 N–H and O–H groups in total. The van der Waals surface area contributed by atoms with Crippen molar-refractivity contribution in [2.75, 3.05) is 31.6 Å². The molecule has 1 fully saturated rings. The number of ether oxygens (including phenoxy) is 1. The number of hydrogen-bond acceptors (Lipinski definition) is 3. The van der Waals surface area contributed by atoms with Crippen LogP contribution < -0.4 is 10.6 Å². The Labute approximate surface area is 115 Å². The third-order valence-corrected chi connectivity index (χ3v) is 4.48. The summed E-state index contributed by atoms with van der Waals surface area (Å²) >= 11 is 0. The fourth-order valence-corrected chi connectivity index (χ4v) is 3.17. The lowest BCUT2D eigenvalue weighted by atomic mass is 9.93. The highest BCUT2D eigenvalue weighted by molar-refractivity contribution is 5.53. The highest BCUT2D eigenvalue weighted by Gasteiger charge is 2.24. The van der Waals surface area contributed by atoms with Crippen LogP contribution in [-0.2, 0) is 11.2 Å². The van der Waals surface area contributed by atoms with Gasteiger partial charge in [0.25, 0.3) is 0 Å². The summed E-state index contributed by atoms with van der Waals surface area (Å²) in [5.41, 5.74) is 2.77. The van der Waals surface area contributed by atoms with Gasteiger partial charge in [-0.05, 0) is 49.8 Å². The lowest BCUT2D eigenvalue weighted by Crippen LogP contribution is -2.35. The lowest BCUT2D eigenvalue weighted by molar-refractivity contribution is 0.105. The van der Waals surface area contributed by atoms with Crippen LogP contribution in [0.15, 0.2) is 24.3 Å². The van der Waals surface area contributed by atoms with Crippen LogP contribution in [0.3, 0.4) is 0 Å². The van der Waals surface area contributed by atoms with Crippen LogP contribution in [0, 0.1) is 11.8 Å². The standard InChI is InChI=1S/C16H24N2O/c1-12-15(6-7-19-12)11-17-9-13-8-14-4-2-3-5-16(14)18-10-13/h2-5,12-13,15,17-18H,6-11H2,1H3. The van der Waals surface area contributed by atoms with Gasteiger partial charge < -0.3 is 15.4 Å². The number of rotatable bonds is 4. The van der Waals surface area contributed by atoms with Crippen molar-refractivity contribution in [3.8, 4) is 0 Å². The second kappa shape index (κ2) is 5.93. The van der Waals surface area contributed by atoms with Gasteiger partial charge in [-0.15, -0.1) is 0 Å². The van der Waals surface area contributed by atoms with E-state index >= 15 is 0 Å². The minimum atomic E-state index is 0.428. The fraction of sp³-hybridized carbons (Fsp3) is 0.625. The molecular weight excluding hydrogens is 236 g/mol. The molecule has 19 heavy (non-hydrogen) atoms. The molecule has 2 heterocycles. The Balaban J connectivity index is 1.45. The van der Waals surface area contributed by atoms with Gasteiger partial charge in [0, 0.05) is 25.4 Å². The summed E-state index contributed by atoms with van der Waals surface area (Å²) in [4.78, 5) is 0. The highest BCUT2D eigenvalue weighted by atomic mass is 16.5. The number of benzene rings is 1. The van der Waals surface area contributed by atoms with Crippen LogP contribution >= 0.6 is 0 Å². The molecule has 3 unspecified atom stereocenters. The maximum Gasteiger partial charge on any atom is 0.0588 e. The fourth-order valence-electron chi connectivity index (χ4n) is 3.17. The van der Waals surface area contributed by atoms with E-state index in [0.717, 1.165) is 26.2 Å². The molecule has 1 saturated heterocycles. The number of nitrogens with one attached hydrogen (secondary N) is 2. The molecule has 0 bridgehead atoms. The lowest BCUT2D eigenvalue weighted by Gasteiger charge is -2.27. The van der Waals surface area contributed by atoms with Crippen molar-refractivity contribution in [1.82, 2.24) is 5.32 Å². The smallest absolute Gasteiger partial charge is 0.0588 e. The zero-order chi connectivity index (χ0) is 13.1. The Bertz CT molecular complexity index is 421. The number of fused-ring (bicyclic) bond motifs is 1. The summed E-state index contributed by atoms with van der Waals surface area (Å²) in [6, 6.07) is 8.65. The van der Waals surface area contributed by atoms with Gasteiger partial charge in [0.05, 0.1) is 6.10 Å². The summed E-state index contributed by atoms with van der Waals surface area (Å²) in [7, 11) is 0. The number of para-hydroxylation sites is 1. The summed E-state index contributed by atoms with van der Waals surface area (Å²) in [6.07, 6.45) is 2.82. The van der Waals surface area contributed by atoms with Crippen LogP contribution in [0.1, 0.15) is 18.9 Å². The van der Waals surface area contributed by atoms with E-state index in [0.29, 0.717) is 17.9 Å². The summed E-state index contributed by atoms with van der Waals surface area (Å²) < 4.78 is 5.60. The minimum absolute atomic E-state index is 0.428. The van der Waals surface area contributed by atoms with Gasteiger partial charge in [-0.25, -0.2) is 0 Å². The van der Waals surface area contributed by atoms with E-state index in [1.54, 1.807) is 0 Å². The van der Waals surface area contributed by atoms with Crippen molar-refractivity contribution in [2.24, 2.45) is 11.8 Å². The molecule has 3 nitrogen and oxygen atoms in total. The first-order valence-corrected chi connectivity index (χ1v) is 7.47. The zero-order valence-corrected chi connectivity index (χ0v) is 11.7. The Morgan fingerprint density at radius 1 is 1.32 bits per heavy atom. The second-order valence-electron chi connectivity index (χ2n) is 5.89. The van der Waals surface area contributed by atoms with Gasteiger partial charge in [0.15, 0.2) is 0 Å². The van der Waals surface area contributed by atoms with Crippen LogP contribution in [0.2, 0.25) is 0 Å². The van der Waals surface area contributed by atoms with Gasteiger partial charge in [-0.3, -0.25) is 0 Å². The topological polar surface area (TPSA) is 33.3 Å². The Morgan fingerprint density at radius 3 is 3.05 bits per heavy atom. The molecule has 3 rings (SSSR count).